The Balaban J connectivity index is 2.39. The molecule has 10 heteroatoms. The normalized spacial score (nSPS) is 11.5. The monoisotopic (exact) mass is 344 g/mol. The number of benzene rings is 1. The topological polar surface area (TPSA) is 151 Å². The van der Waals surface area contributed by atoms with Crippen LogP contribution in [0.25, 0.3) is 10.8 Å². The average Bonchev–Trinajstić information content (AvgIpc) is 2.59. The van der Waals surface area contributed by atoms with Crippen LogP contribution in [0.2, 0.25) is 0 Å². The van der Waals surface area contributed by atoms with Crippen molar-refractivity contribution < 1.29 is 37.2 Å². The second-order valence-corrected chi connectivity index (χ2v) is 5.46. The molecule has 23 heavy (non-hydrogen) atoms. The van der Waals surface area contributed by atoms with Gasteiger partial charge in [-0.2, -0.15) is 8.42 Å². The number of phenolic OH excluding ortho intramolecular Hbond substituents is 2. The van der Waals surface area contributed by atoms with Gasteiger partial charge in [0.05, 0.1) is 5.39 Å². The van der Waals surface area contributed by atoms with E-state index in [1.165, 1.54) is 18.2 Å². The fraction of sp³-hybridized carbons (Fsp3) is 0.154. The smallest absolute Gasteiger partial charge is 0.397 e. The Hall–Kier alpha value is -2.56. The molecule has 0 saturated heterocycles. The molecule has 0 heterocycles. The Morgan fingerprint density at radius 1 is 1.00 bits per heavy atom. The largest absolute Gasteiger partial charge is 0.504 e. The van der Waals surface area contributed by atoms with Crippen LogP contribution in [0.15, 0.2) is 29.1 Å². The van der Waals surface area contributed by atoms with Gasteiger partial charge < -0.3 is 20.1 Å². The first-order chi connectivity index (χ1) is 10.7. The lowest BCUT2D eigenvalue weighted by Gasteiger charge is -2.10. The minimum atomic E-state index is -4.61. The SMILES string of the molecule is O=c1cccc2cc(OCCOS(=O)(=O)O)c(O)c(O)c2c1O. The standard InChI is InChI=1S/C13H12O9S/c14-8-3-1-2-7-6-9(21-4-5-22-23(18,19)20)12(16)13(17)10(7)11(8)15/h1-3,6,16-17H,4-5H2,(H,14,15)(H,18,19,20). The number of hydrogen-bond donors (Lipinski definition) is 4. The van der Waals surface area contributed by atoms with Crippen molar-refractivity contribution in [1.82, 2.24) is 0 Å². The highest BCUT2D eigenvalue weighted by molar-refractivity contribution is 7.80. The van der Waals surface area contributed by atoms with Crippen molar-refractivity contribution in [3.8, 4) is 23.0 Å². The third kappa shape index (κ3) is 3.80. The molecule has 0 atom stereocenters. The van der Waals surface area contributed by atoms with Crippen LogP contribution < -0.4 is 10.2 Å². The summed E-state index contributed by atoms with van der Waals surface area (Å²) in [5, 5.41) is 29.5. The molecule has 0 amide bonds. The summed E-state index contributed by atoms with van der Waals surface area (Å²) >= 11 is 0. The summed E-state index contributed by atoms with van der Waals surface area (Å²) in [6.07, 6.45) is 0. The third-order valence-electron chi connectivity index (χ3n) is 2.84. The molecular weight excluding hydrogens is 332 g/mol. The maximum absolute atomic E-state index is 11.5. The Bertz CT molecular complexity index is 905. The lowest BCUT2D eigenvalue weighted by Crippen LogP contribution is -2.11. The van der Waals surface area contributed by atoms with E-state index in [2.05, 4.69) is 4.18 Å². The van der Waals surface area contributed by atoms with Crippen LogP contribution in [0.4, 0.5) is 0 Å². The molecule has 0 fully saturated rings. The molecule has 0 bridgehead atoms. The van der Waals surface area contributed by atoms with E-state index in [1.807, 2.05) is 0 Å². The predicted octanol–water partition coefficient (Wildman–Crippen LogP) is 0.515. The molecule has 0 aliphatic carbocycles. The molecule has 2 aromatic rings. The number of hydrogen-bond acceptors (Lipinski definition) is 8. The highest BCUT2D eigenvalue weighted by Gasteiger charge is 2.17. The summed E-state index contributed by atoms with van der Waals surface area (Å²) in [6.45, 7) is -0.897. The first-order valence-corrected chi connectivity index (χ1v) is 7.53. The second kappa shape index (κ2) is 6.28. The molecule has 0 aromatic heterocycles. The van der Waals surface area contributed by atoms with Gasteiger partial charge in [0.2, 0.25) is 11.2 Å². The average molecular weight is 344 g/mol. The van der Waals surface area contributed by atoms with Crippen molar-refractivity contribution in [2.45, 2.75) is 0 Å². The molecule has 124 valence electrons. The molecule has 9 nitrogen and oxygen atoms in total. The summed E-state index contributed by atoms with van der Waals surface area (Å²) in [7, 11) is -4.61. The van der Waals surface area contributed by atoms with Crippen molar-refractivity contribution in [2.24, 2.45) is 0 Å². The Morgan fingerprint density at radius 2 is 1.70 bits per heavy atom. The van der Waals surface area contributed by atoms with E-state index in [-0.39, 0.29) is 23.1 Å². The van der Waals surface area contributed by atoms with Crippen LogP contribution in [0.3, 0.4) is 0 Å². The van der Waals surface area contributed by atoms with E-state index in [0.717, 1.165) is 6.07 Å². The van der Waals surface area contributed by atoms with Crippen molar-refractivity contribution in [2.75, 3.05) is 13.2 Å². The maximum atomic E-state index is 11.5. The lowest BCUT2D eigenvalue weighted by atomic mass is 10.1. The molecule has 0 aliphatic heterocycles. The molecule has 4 N–H and O–H groups in total. The first-order valence-electron chi connectivity index (χ1n) is 6.16. The highest BCUT2D eigenvalue weighted by Crippen LogP contribution is 2.43. The third-order valence-corrected chi connectivity index (χ3v) is 3.30. The Kier molecular flexibility index (Phi) is 4.59. The second-order valence-electron chi connectivity index (χ2n) is 4.37. The Labute approximate surface area is 129 Å². The number of phenols is 2. The van der Waals surface area contributed by atoms with Crippen LogP contribution >= 0.6 is 0 Å². The van der Waals surface area contributed by atoms with Crippen molar-refractivity contribution in [3.05, 3.63) is 34.5 Å². The van der Waals surface area contributed by atoms with Crippen molar-refractivity contribution in [1.29, 1.82) is 0 Å². The van der Waals surface area contributed by atoms with Crippen molar-refractivity contribution in [3.63, 3.8) is 0 Å². The molecule has 0 spiro atoms. The van der Waals surface area contributed by atoms with Crippen LogP contribution in [-0.2, 0) is 14.6 Å². The van der Waals surface area contributed by atoms with Gasteiger partial charge in [-0.15, -0.1) is 0 Å². The fourth-order valence-electron chi connectivity index (χ4n) is 1.88. The van der Waals surface area contributed by atoms with E-state index < -0.39 is 39.7 Å². The summed E-state index contributed by atoms with van der Waals surface area (Å²) in [6, 6.07) is 5.05. The van der Waals surface area contributed by atoms with E-state index in [0.29, 0.717) is 0 Å². The van der Waals surface area contributed by atoms with E-state index in [1.54, 1.807) is 0 Å². The zero-order valence-corrected chi connectivity index (χ0v) is 12.3. The summed E-state index contributed by atoms with van der Waals surface area (Å²) < 4.78 is 38.2. The van der Waals surface area contributed by atoms with Crippen LogP contribution in [0.1, 0.15) is 0 Å². The molecule has 2 rings (SSSR count). The van der Waals surface area contributed by atoms with Gasteiger partial charge in [0, 0.05) is 0 Å². The van der Waals surface area contributed by atoms with Crippen LogP contribution in [0, 0.1) is 0 Å². The van der Waals surface area contributed by atoms with Gasteiger partial charge in [-0.05, 0) is 17.5 Å². The number of fused-ring (bicyclic) bond motifs is 1. The van der Waals surface area contributed by atoms with Crippen molar-refractivity contribution >= 4 is 21.2 Å². The fourth-order valence-corrected chi connectivity index (χ4v) is 2.15. The van der Waals surface area contributed by atoms with Gasteiger partial charge >= 0.3 is 10.4 Å². The number of ether oxygens (including phenoxy) is 1. The number of rotatable bonds is 5. The highest BCUT2D eigenvalue weighted by atomic mass is 32.3. The summed E-state index contributed by atoms with van der Waals surface area (Å²) in [5.41, 5.74) is -0.745. The summed E-state index contributed by atoms with van der Waals surface area (Å²) in [4.78, 5) is 11.5. The number of aromatic hydroxyl groups is 3. The maximum Gasteiger partial charge on any atom is 0.397 e. The zero-order chi connectivity index (χ0) is 17.2. The molecule has 0 unspecified atom stereocenters. The molecule has 2 aromatic carbocycles. The minimum absolute atomic E-state index is 0.200. The molecular formula is C13H12O9S. The van der Waals surface area contributed by atoms with Gasteiger partial charge in [0.15, 0.2) is 17.2 Å². The molecule has 0 radical (unpaired) electrons. The lowest BCUT2D eigenvalue weighted by molar-refractivity contribution is 0.197. The van der Waals surface area contributed by atoms with E-state index in [4.69, 9.17) is 9.29 Å². The van der Waals surface area contributed by atoms with Gasteiger partial charge in [-0.3, -0.25) is 9.35 Å². The van der Waals surface area contributed by atoms with Crippen LogP contribution in [-0.4, -0.2) is 41.5 Å². The minimum Gasteiger partial charge on any atom is -0.504 e. The van der Waals surface area contributed by atoms with Gasteiger partial charge in [-0.25, -0.2) is 4.18 Å². The van der Waals surface area contributed by atoms with Crippen LogP contribution in [0.5, 0.6) is 23.0 Å². The van der Waals surface area contributed by atoms with E-state index in [9.17, 15) is 28.5 Å². The van der Waals surface area contributed by atoms with E-state index >= 15 is 0 Å². The molecule has 0 aliphatic rings. The quantitative estimate of drug-likeness (QED) is 0.345. The zero-order valence-electron chi connectivity index (χ0n) is 11.5. The van der Waals surface area contributed by atoms with Gasteiger partial charge in [-0.1, -0.05) is 12.1 Å². The molecule has 0 saturated carbocycles. The van der Waals surface area contributed by atoms with Gasteiger partial charge in [0.25, 0.3) is 0 Å². The van der Waals surface area contributed by atoms with Gasteiger partial charge in [0.1, 0.15) is 13.2 Å². The Morgan fingerprint density at radius 3 is 2.35 bits per heavy atom. The first kappa shape index (κ1) is 16.8. The summed E-state index contributed by atoms with van der Waals surface area (Å²) in [5.74, 6) is -2.48. The predicted molar refractivity (Wildman–Crippen MR) is 78.2 cm³/mol.